The SMILES string of the molecule is Cc1ccc(-c2nccc([C@@H]3CCCN(C(=O)c4ccccc4F)C3)n2)cc1. The number of carbonyl (C=O) groups excluding carboxylic acids is 1. The lowest BCUT2D eigenvalue weighted by Crippen LogP contribution is -2.39. The molecule has 0 radical (unpaired) electrons. The first-order valence-electron chi connectivity index (χ1n) is 9.55. The Balaban J connectivity index is 1.55. The van der Waals surface area contributed by atoms with Gasteiger partial charge in [0.2, 0.25) is 0 Å². The van der Waals surface area contributed by atoms with Crippen LogP contribution < -0.4 is 0 Å². The van der Waals surface area contributed by atoms with Gasteiger partial charge in [-0.1, -0.05) is 42.0 Å². The molecule has 3 aromatic rings. The number of nitrogens with zero attached hydrogens (tertiary/aromatic N) is 3. The van der Waals surface area contributed by atoms with Crippen LogP contribution in [-0.4, -0.2) is 33.9 Å². The van der Waals surface area contributed by atoms with Gasteiger partial charge in [-0.25, -0.2) is 14.4 Å². The van der Waals surface area contributed by atoms with Gasteiger partial charge in [0.25, 0.3) is 5.91 Å². The molecule has 1 aromatic heterocycles. The topological polar surface area (TPSA) is 46.1 Å². The number of carbonyl (C=O) groups is 1. The molecule has 0 aliphatic carbocycles. The number of halogens is 1. The molecule has 1 aliphatic rings. The van der Waals surface area contributed by atoms with E-state index in [-0.39, 0.29) is 17.4 Å². The number of hydrogen-bond donors (Lipinski definition) is 0. The Morgan fingerprint density at radius 3 is 2.68 bits per heavy atom. The van der Waals surface area contributed by atoms with Crippen molar-refractivity contribution in [3.05, 3.63) is 83.4 Å². The molecular weight excluding hydrogens is 353 g/mol. The number of rotatable bonds is 3. The van der Waals surface area contributed by atoms with Gasteiger partial charge < -0.3 is 4.90 Å². The number of amides is 1. The van der Waals surface area contributed by atoms with Gasteiger partial charge in [-0.3, -0.25) is 4.79 Å². The molecule has 1 fully saturated rings. The highest BCUT2D eigenvalue weighted by atomic mass is 19.1. The Labute approximate surface area is 164 Å². The van der Waals surface area contributed by atoms with Crippen LogP contribution in [0.25, 0.3) is 11.4 Å². The minimum atomic E-state index is -0.474. The van der Waals surface area contributed by atoms with E-state index in [1.807, 2.05) is 37.3 Å². The van der Waals surface area contributed by atoms with E-state index in [1.165, 1.54) is 11.6 Å². The van der Waals surface area contributed by atoms with Crippen molar-refractivity contribution in [2.75, 3.05) is 13.1 Å². The number of hydrogen-bond acceptors (Lipinski definition) is 3. The molecule has 1 aliphatic heterocycles. The second-order valence-electron chi connectivity index (χ2n) is 7.24. The lowest BCUT2D eigenvalue weighted by molar-refractivity contribution is 0.0701. The summed E-state index contributed by atoms with van der Waals surface area (Å²) in [5.74, 6) is 0.0839. The molecule has 0 N–H and O–H groups in total. The molecule has 4 nitrogen and oxygen atoms in total. The summed E-state index contributed by atoms with van der Waals surface area (Å²) < 4.78 is 14.0. The van der Waals surface area contributed by atoms with Gasteiger partial charge in [-0.15, -0.1) is 0 Å². The van der Waals surface area contributed by atoms with Crippen LogP contribution in [0.3, 0.4) is 0 Å². The van der Waals surface area contributed by atoms with Gasteiger partial charge in [0, 0.05) is 36.5 Å². The van der Waals surface area contributed by atoms with Crippen LogP contribution in [0.4, 0.5) is 4.39 Å². The van der Waals surface area contributed by atoms with Crippen molar-refractivity contribution >= 4 is 5.91 Å². The van der Waals surface area contributed by atoms with E-state index in [4.69, 9.17) is 4.98 Å². The molecule has 0 bridgehead atoms. The molecule has 2 heterocycles. The summed E-state index contributed by atoms with van der Waals surface area (Å²) in [6.07, 6.45) is 3.59. The van der Waals surface area contributed by atoms with Gasteiger partial charge in [0.1, 0.15) is 5.82 Å². The maximum absolute atomic E-state index is 14.0. The van der Waals surface area contributed by atoms with Crippen LogP contribution in [0.2, 0.25) is 0 Å². The fourth-order valence-electron chi connectivity index (χ4n) is 3.65. The number of aromatic nitrogens is 2. The number of likely N-dealkylation sites (tertiary alicyclic amines) is 1. The predicted octanol–water partition coefficient (Wildman–Crippen LogP) is 4.61. The maximum atomic E-state index is 14.0. The van der Waals surface area contributed by atoms with Gasteiger partial charge in [-0.05, 0) is 38.0 Å². The smallest absolute Gasteiger partial charge is 0.256 e. The summed E-state index contributed by atoms with van der Waals surface area (Å²) in [7, 11) is 0. The van der Waals surface area contributed by atoms with E-state index < -0.39 is 5.82 Å². The highest BCUT2D eigenvalue weighted by Crippen LogP contribution is 2.28. The van der Waals surface area contributed by atoms with Crippen LogP contribution in [0, 0.1) is 12.7 Å². The zero-order chi connectivity index (χ0) is 19.5. The predicted molar refractivity (Wildman–Crippen MR) is 106 cm³/mol. The van der Waals surface area contributed by atoms with E-state index in [1.54, 1.807) is 29.3 Å². The number of aryl methyl sites for hydroxylation is 1. The highest BCUT2D eigenvalue weighted by Gasteiger charge is 2.27. The summed E-state index contributed by atoms with van der Waals surface area (Å²) in [4.78, 5) is 23.7. The summed E-state index contributed by atoms with van der Waals surface area (Å²) in [6, 6.07) is 16.2. The van der Waals surface area contributed by atoms with Gasteiger partial charge in [0.05, 0.1) is 5.56 Å². The minimum absolute atomic E-state index is 0.122. The molecule has 1 amide bonds. The van der Waals surface area contributed by atoms with Crippen LogP contribution in [-0.2, 0) is 0 Å². The molecule has 2 aromatic carbocycles. The van der Waals surface area contributed by atoms with Gasteiger partial charge >= 0.3 is 0 Å². The second-order valence-corrected chi connectivity index (χ2v) is 7.24. The molecular formula is C23H22FN3O. The summed E-state index contributed by atoms with van der Waals surface area (Å²) in [5.41, 5.74) is 3.22. The molecule has 1 atom stereocenters. The third kappa shape index (κ3) is 3.79. The van der Waals surface area contributed by atoms with E-state index in [9.17, 15) is 9.18 Å². The van der Waals surface area contributed by atoms with Crippen LogP contribution in [0.15, 0.2) is 60.8 Å². The largest absolute Gasteiger partial charge is 0.338 e. The van der Waals surface area contributed by atoms with E-state index >= 15 is 0 Å². The summed E-state index contributed by atoms with van der Waals surface area (Å²) in [6.45, 7) is 3.22. The Morgan fingerprint density at radius 2 is 1.89 bits per heavy atom. The monoisotopic (exact) mass is 375 g/mol. The van der Waals surface area contributed by atoms with Gasteiger partial charge in [0.15, 0.2) is 5.82 Å². The van der Waals surface area contributed by atoms with Crippen LogP contribution in [0.5, 0.6) is 0 Å². The Kier molecular flexibility index (Phi) is 5.15. The summed E-state index contributed by atoms with van der Waals surface area (Å²) >= 11 is 0. The first-order valence-corrected chi connectivity index (χ1v) is 9.55. The van der Waals surface area contributed by atoms with Crippen molar-refractivity contribution in [3.8, 4) is 11.4 Å². The molecule has 5 heteroatoms. The van der Waals surface area contributed by atoms with Gasteiger partial charge in [-0.2, -0.15) is 0 Å². The van der Waals surface area contributed by atoms with Crippen LogP contribution in [0.1, 0.15) is 40.4 Å². The first-order chi connectivity index (χ1) is 13.6. The lowest BCUT2D eigenvalue weighted by Gasteiger charge is -2.32. The van der Waals surface area contributed by atoms with Crippen molar-refractivity contribution in [2.24, 2.45) is 0 Å². The van der Waals surface area contributed by atoms with E-state index in [0.717, 1.165) is 24.1 Å². The fourth-order valence-corrected chi connectivity index (χ4v) is 3.65. The molecule has 142 valence electrons. The molecule has 0 unspecified atom stereocenters. The molecule has 4 rings (SSSR count). The third-order valence-corrected chi connectivity index (χ3v) is 5.22. The second kappa shape index (κ2) is 7.89. The average Bonchev–Trinajstić information content (AvgIpc) is 2.74. The Morgan fingerprint density at radius 1 is 1.11 bits per heavy atom. The third-order valence-electron chi connectivity index (χ3n) is 5.22. The molecule has 1 saturated heterocycles. The van der Waals surface area contributed by atoms with Crippen molar-refractivity contribution in [1.82, 2.24) is 14.9 Å². The van der Waals surface area contributed by atoms with Crippen molar-refractivity contribution in [3.63, 3.8) is 0 Å². The maximum Gasteiger partial charge on any atom is 0.256 e. The number of piperidine rings is 1. The van der Waals surface area contributed by atoms with E-state index in [0.29, 0.717) is 18.9 Å². The Hall–Kier alpha value is -3.08. The molecule has 0 saturated carbocycles. The normalized spacial score (nSPS) is 16.8. The highest BCUT2D eigenvalue weighted by molar-refractivity contribution is 5.94. The summed E-state index contributed by atoms with van der Waals surface area (Å²) in [5, 5.41) is 0. The zero-order valence-electron chi connectivity index (χ0n) is 15.8. The molecule has 28 heavy (non-hydrogen) atoms. The lowest BCUT2D eigenvalue weighted by atomic mass is 9.94. The van der Waals surface area contributed by atoms with Crippen molar-refractivity contribution in [2.45, 2.75) is 25.7 Å². The van der Waals surface area contributed by atoms with E-state index in [2.05, 4.69) is 4.98 Å². The molecule has 0 spiro atoms. The Bertz CT molecular complexity index is 987. The quantitative estimate of drug-likeness (QED) is 0.671. The average molecular weight is 375 g/mol. The standard InChI is InChI=1S/C23H22FN3O/c1-16-8-10-17(11-9-16)22-25-13-12-21(26-22)18-5-4-14-27(15-18)23(28)19-6-2-3-7-20(19)24/h2-3,6-13,18H,4-5,14-15H2,1H3/t18-/m1/s1. The fraction of sp³-hybridized carbons (Fsp3) is 0.261. The van der Waals surface area contributed by atoms with Crippen LogP contribution >= 0.6 is 0 Å². The van der Waals surface area contributed by atoms with Crippen molar-refractivity contribution in [1.29, 1.82) is 0 Å². The van der Waals surface area contributed by atoms with Crippen molar-refractivity contribution < 1.29 is 9.18 Å². The first kappa shape index (κ1) is 18.3. The number of benzene rings is 2. The minimum Gasteiger partial charge on any atom is -0.338 e. The zero-order valence-corrected chi connectivity index (χ0v) is 15.8.